The lowest BCUT2D eigenvalue weighted by atomic mass is 10.1. The highest BCUT2D eigenvalue weighted by Crippen LogP contribution is 2.36. The van der Waals surface area contributed by atoms with Crippen molar-refractivity contribution in [1.29, 1.82) is 0 Å². The van der Waals surface area contributed by atoms with Gasteiger partial charge in [-0.05, 0) is 72.1 Å². The van der Waals surface area contributed by atoms with E-state index >= 15 is 0 Å². The van der Waals surface area contributed by atoms with E-state index in [4.69, 9.17) is 0 Å². The van der Waals surface area contributed by atoms with Gasteiger partial charge in [0.15, 0.2) is 16.5 Å². The van der Waals surface area contributed by atoms with Crippen LogP contribution in [0.2, 0.25) is 0 Å². The van der Waals surface area contributed by atoms with Crippen molar-refractivity contribution in [3.05, 3.63) is 41.1 Å². The molecule has 3 aromatic rings. The lowest BCUT2D eigenvalue weighted by molar-refractivity contribution is -0.176. The van der Waals surface area contributed by atoms with Crippen LogP contribution in [0, 0.1) is 6.92 Å². The van der Waals surface area contributed by atoms with E-state index in [1.165, 1.54) is 16.2 Å². The summed E-state index contributed by atoms with van der Waals surface area (Å²) in [7, 11) is 0. The molecule has 0 radical (unpaired) electrons. The van der Waals surface area contributed by atoms with Crippen LogP contribution in [0.5, 0.6) is 0 Å². The predicted molar refractivity (Wildman–Crippen MR) is 144 cm³/mol. The largest absolute Gasteiger partial charge is 0.404 e. The summed E-state index contributed by atoms with van der Waals surface area (Å²) in [5.41, 5.74) is 1.74. The van der Waals surface area contributed by atoms with Crippen LogP contribution in [0.15, 0.2) is 24.3 Å². The van der Waals surface area contributed by atoms with Gasteiger partial charge in [-0.25, -0.2) is 4.68 Å². The third-order valence-corrected chi connectivity index (χ3v) is 8.39. The number of benzene rings is 1. The second kappa shape index (κ2) is 10.2. The number of aryl methyl sites for hydroxylation is 1. The van der Waals surface area contributed by atoms with Crippen molar-refractivity contribution in [3.63, 3.8) is 0 Å². The summed E-state index contributed by atoms with van der Waals surface area (Å²) >= 11 is 1.18. The van der Waals surface area contributed by atoms with Gasteiger partial charge in [0.1, 0.15) is 10.7 Å². The van der Waals surface area contributed by atoms with E-state index in [2.05, 4.69) is 15.4 Å². The number of carbonyl (C=O) groups is 2. The standard InChI is InChI=1S/C27H33F3N6O2S/c1-16-9-11-17(12-10-16)23(37)32-25-31-22-21(39-25)20(33-36(22)26(2,3)4)24(38)35-14-5-7-18(35)15-34-13-6-8-19(34)27(28,29)30/h9-12,18-19H,5-8,13-15H2,1-4H3,(H,31,32,37)/t18-,19?/m0/s1. The van der Waals surface area contributed by atoms with Crippen LogP contribution >= 0.6 is 11.3 Å². The minimum Gasteiger partial charge on any atom is -0.333 e. The molecule has 2 saturated heterocycles. The van der Waals surface area contributed by atoms with Crippen molar-refractivity contribution < 1.29 is 22.8 Å². The number of hydrogen-bond acceptors (Lipinski definition) is 6. The van der Waals surface area contributed by atoms with Crippen LogP contribution in [0.4, 0.5) is 18.3 Å². The van der Waals surface area contributed by atoms with Crippen molar-refractivity contribution in [2.45, 2.75) is 77.2 Å². The Balaban J connectivity index is 1.42. The lowest BCUT2D eigenvalue weighted by Crippen LogP contribution is -2.48. The number of carbonyl (C=O) groups excluding carboxylic acids is 2. The van der Waals surface area contributed by atoms with Gasteiger partial charge in [-0.1, -0.05) is 29.0 Å². The molecular weight excluding hydrogens is 529 g/mol. The Kier molecular flexibility index (Phi) is 7.21. The first-order chi connectivity index (χ1) is 18.3. The normalized spacial score (nSPS) is 20.7. The van der Waals surface area contributed by atoms with Crippen LogP contribution in [0.25, 0.3) is 10.3 Å². The number of halogens is 3. The maximum absolute atomic E-state index is 13.8. The van der Waals surface area contributed by atoms with E-state index in [0.29, 0.717) is 47.0 Å². The molecule has 0 spiro atoms. The van der Waals surface area contributed by atoms with Gasteiger partial charge in [0.25, 0.3) is 11.8 Å². The minimum absolute atomic E-state index is 0.0960. The fourth-order valence-corrected chi connectivity index (χ4v) is 6.37. The third kappa shape index (κ3) is 5.54. The summed E-state index contributed by atoms with van der Waals surface area (Å²) in [6.45, 7) is 8.82. The summed E-state index contributed by atoms with van der Waals surface area (Å²) in [4.78, 5) is 34.4. The molecule has 4 heterocycles. The number of alkyl halides is 3. The molecule has 8 nitrogen and oxygen atoms in total. The number of fused-ring (bicyclic) bond motifs is 1. The summed E-state index contributed by atoms with van der Waals surface area (Å²) in [6.07, 6.45) is -2.30. The maximum Gasteiger partial charge on any atom is 0.404 e. The highest BCUT2D eigenvalue weighted by Gasteiger charge is 2.47. The molecule has 2 aliphatic heterocycles. The van der Waals surface area contributed by atoms with E-state index in [0.717, 1.165) is 12.0 Å². The first-order valence-electron chi connectivity index (χ1n) is 13.2. The zero-order chi connectivity index (χ0) is 28.1. The molecule has 12 heteroatoms. The molecule has 0 bridgehead atoms. The van der Waals surface area contributed by atoms with Crippen LogP contribution in [-0.2, 0) is 5.54 Å². The Morgan fingerprint density at radius 3 is 2.44 bits per heavy atom. The van der Waals surface area contributed by atoms with Crippen molar-refractivity contribution in [2.24, 2.45) is 0 Å². The first kappa shape index (κ1) is 27.6. The van der Waals surface area contributed by atoms with Gasteiger partial charge in [-0.2, -0.15) is 23.3 Å². The molecule has 2 aromatic heterocycles. The fraction of sp³-hybridized carbons (Fsp3) is 0.556. The van der Waals surface area contributed by atoms with Crippen molar-refractivity contribution in [3.8, 4) is 0 Å². The van der Waals surface area contributed by atoms with Crippen LogP contribution < -0.4 is 5.32 Å². The molecule has 1 unspecified atom stereocenters. The monoisotopic (exact) mass is 562 g/mol. The number of nitrogens with one attached hydrogen (secondary N) is 1. The molecule has 2 amide bonds. The second-order valence-corrected chi connectivity index (χ2v) is 12.4. The number of rotatable bonds is 5. The van der Waals surface area contributed by atoms with E-state index in [1.54, 1.807) is 21.7 Å². The van der Waals surface area contributed by atoms with Crippen LogP contribution in [0.3, 0.4) is 0 Å². The van der Waals surface area contributed by atoms with E-state index in [-0.39, 0.29) is 36.5 Å². The molecule has 1 N–H and O–H groups in total. The van der Waals surface area contributed by atoms with Gasteiger partial charge < -0.3 is 4.90 Å². The molecule has 210 valence electrons. The average Bonchev–Trinajstić information content (AvgIpc) is 3.62. The van der Waals surface area contributed by atoms with Gasteiger partial charge in [-0.3, -0.25) is 19.8 Å². The smallest absolute Gasteiger partial charge is 0.333 e. The first-order valence-corrected chi connectivity index (χ1v) is 14.0. The second-order valence-electron chi connectivity index (χ2n) is 11.4. The quantitative estimate of drug-likeness (QED) is 0.448. The maximum atomic E-state index is 13.8. The number of amides is 2. The molecule has 39 heavy (non-hydrogen) atoms. The summed E-state index contributed by atoms with van der Waals surface area (Å²) in [5.74, 6) is -0.618. The number of nitrogens with zero attached hydrogens (tertiary/aromatic N) is 5. The van der Waals surface area contributed by atoms with E-state index in [9.17, 15) is 22.8 Å². The molecule has 0 saturated carbocycles. The van der Waals surface area contributed by atoms with Crippen molar-refractivity contribution in [1.82, 2.24) is 24.6 Å². The highest BCUT2D eigenvalue weighted by molar-refractivity contribution is 7.22. The molecule has 2 fully saturated rings. The Bertz CT molecular complexity index is 1380. The van der Waals surface area contributed by atoms with Crippen LogP contribution in [0.1, 0.15) is 72.9 Å². The molecule has 0 aliphatic carbocycles. The third-order valence-electron chi connectivity index (χ3n) is 7.42. The Hall–Kier alpha value is -2.99. The zero-order valence-electron chi connectivity index (χ0n) is 22.5. The molecule has 5 rings (SSSR count). The number of likely N-dealkylation sites (tertiary alicyclic amines) is 2. The van der Waals surface area contributed by atoms with Gasteiger partial charge in [0, 0.05) is 24.7 Å². The SMILES string of the molecule is Cc1ccc(C(=O)Nc2nc3c(s2)c(C(=O)N2CCC[C@H]2CN2CCCC2C(F)(F)F)nn3C(C)(C)C)cc1. The number of thiazole rings is 1. The summed E-state index contributed by atoms with van der Waals surface area (Å²) in [6, 6.07) is 5.41. The Labute approximate surface area is 229 Å². The average molecular weight is 563 g/mol. The minimum atomic E-state index is -4.27. The Morgan fingerprint density at radius 1 is 1.08 bits per heavy atom. The zero-order valence-corrected chi connectivity index (χ0v) is 23.3. The Morgan fingerprint density at radius 2 is 1.77 bits per heavy atom. The predicted octanol–water partition coefficient (Wildman–Crippen LogP) is 5.44. The lowest BCUT2D eigenvalue weighted by Gasteiger charge is -2.32. The summed E-state index contributed by atoms with van der Waals surface area (Å²) < 4.78 is 42.9. The molecule has 2 atom stereocenters. The highest BCUT2D eigenvalue weighted by atomic mass is 32.1. The number of anilines is 1. The molecule has 1 aromatic carbocycles. The summed E-state index contributed by atoms with van der Waals surface area (Å²) in [5, 5.41) is 7.82. The van der Waals surface area contributed by atoms with E-state index < -0.39 is 17.8 Å². The van der Waals surface area contributed by atoms with E-state index in [1.807, 2.05) is 39.8 Å². The van der Waals surface area contributed by atoms with Gasteiger partial charge in [0.05, 0.1) is 5.54 Å². The van der Waals surface area contributed by atoms with Gasteiger partial charge in [0.2, 0.25) is 0 Å². The molecule has 2 aliphatic rings. The van der Waals surface area contributed by atoms with Gasteiger partial charge in [-0.15, -0.1) is 0 Å². The fourth-order valence-electron chi connectivity index (χ4n) is 5.45. The number of hydrogen-bond donors (Lipinski definition) is 1. The number of aromatic nitrogens is 3. The van der Waals surface area contributed by atoms with Gasteiger partial charge >= 0.3 is 6.18 Å². The molecular formula is C27H33F3N6O2S. The van der Waals surface area contributed by atoms with Crippen molar-refractivity contribution in [2.75, 3.05) is 25.0 Å². The topological polar surface area (TPSA) is 83.4 Å². The van der Waals surface area contributed by atoms with Crippen molar-refractivity contribution >= 4 is 38.6 Å². The van der Waals surface area contributed by atoms with Crippen LogP contribution in [-0.4, -0.2) is 74.3 Å².